The molecule has 0 amide bonds. The molecule has 5 heteroatoms. The number of aryl methyl sites for hydroxylation is 2. The molecule has 2 rings (SSSR count). The Balaban J connectivity index is 1.95. The van der Waals surface area contributed by atoms with Crippen LogP contribution in [0, 0.1) is 25.7 Å². The fourth-order valence-electron chi connectivity index (χ4n) is 2.84. The summed E-state index contributed by atoms with van der Waals surface area (Å²) in [6.07, 6.45) is 5.03. The van der Waals surface area contributed by atoms with E-state index >= 15 is 0 Å². The lowest BCUT2D eigenvalue weighted by molar-refractivity contribution is 0.215. The van der Waals surface area contributed by atoms with Crippen LogP contribution in [-0.2, 0) is 4.84 Å². The molecule has 5 nitrogen and oxygen atoms in total. The molecule has 0 bridgehead atoms. The Morgan fingerprint density at radius 3 is 2.13 bits per heavy atom. The van der Waals surface area contributed by atoms with E-state index in [4.69, 9.17) is 14.2 Å². The summed E-state index contributed by atoms with van der Waals surface area (Å²) in [5.74, 6) is 8.64. The van der Waals surface area contributed by atoms with Gasteiger partial charge in [-0.2, -0.15) is 0 Å². The van der Waals surface area contributed by atoms with Gasteiger partial charge in [-0.15, -0.1) is 0 Å². The molecule has 0 spiro atoms. The lowest BCUT2D eigenvalue weighted by atomic mass is 10.1. The van der Waals surface area contributed by atoms with Gasteiger partial charge in [-0.25, -0.2) is 0 Å². The fraction of sp³-hybridized carbons (Fsp3) is 0.346. The Labute approximate surface area is 185 Å². The number of nitrogens with zero attached hydrogens (tertiary/aromatic N) is 1. The third kappa shape index (κ3) is 8.10. The first-order chi connectivity index (χ1) is 14.9. The maximum Gasteiger partial charge on any atom is 0.156 e. The van der Waals surface area contributed by atoms with Crippen LogP contribution in [0.1, 0.15) is 37.5 Å². The van der Waals surface area contributed by atoms with Crippen molar-refractivity contribution in [2.24, 2.45) is 5.16 Å². The molecule has 2 atom stereocenters. The highest BCUT2D eigenvalue weighted by Gasteiger charge is 2.10. The van der Waals surface area contributed by atoms with Crippen molar-refractivity contribution < 1.29 is 19.0 Å². The zero-order valence-corrected chi connectivity index (χ0v) is 19.1. The second-order valence-corrected chi connectivity index (χ2v) is 7.06. The molecule has 0 saturated heterocycles. The molecular formula is C26H31NO4. The average Bonchev–Trinajstić information content (AvgIpc) is 2.74. The summed E-state index contributed by atoms with van der Waals surface area (Å²) in [5.41, 5.74) is 2.97. The van der Waals surface area contributed by atoms with Crippen LogP contribution in [0.3, 0.4) is 0 Å². The van der Waals surface area contributed by atoms with E-state index < -0.39 is 0 Å². The van der Waals surface area contributed by atoms with Crippen molar-refractivity contribution in [2.45, 2.75) is 46.8 Å². The molecule has 31 heavy (non-hydrogen) atoms. The van der Waals surface area contributed by atoms with E-state index in [9.17, 15) is 0 Å². The van der Waals surface area contributed by atoms with E-state index in [2.05, 4.69) is 21.8 Å². The highest BCUT2D eigenvalue weighted by molar-refractivity contribution is 5.79. The molecule has 2 unspecified atom stereocenters. The van der Waals surface area contributed by atoms with Gasteiger partial charge in [0.1, 0.15) is 31.0 Å². The molecule has 0 N–H and O–H groups in total. The molecular weight excluding hydrogens is 390 g/mol. The largest absolute Gasteiger partial charge is 0.490 e. The first-order valence-corrected chi connectivity index (χ1v) is 10.3. The van der Waals surface area contributed by atoms with E-state index in [0.29, 0.717) is 6.61 Å². The van der Waals surface area contributed by atoms with Gasteiger partial charge in [0.2, 0.25) is 0 Å². The summed E-state index contributed by atoms with van der Waals surface area (Å²) in [4.78, 5) is 4.68. The number of hydrogen-bond donors (Lipinski definition) is 0. The van der Waals surface area contributed by atoms with Crippen molar-refractivity contribution in [3.63, 3.8) is 0 Å². The van der Waals surface area contributed by atoms with E-state index in [1.165, 1.54) is 7.11 Å². The molecule has 0 aromatic heterocycles. The summed E-state index contributed by atoms with van der Waals surface area (Å²) in [6, 6.07) is 11.5. The maximum atomic E-state index is 6.09. The van der Waals surface area contributed by atoms with Gasteiger partial charge in [-0.3, -0.25) is 0 Å². The van der Waals surface area contributed by atoms with Crippen molar-refractivity contribution in [1.82, 2.24) is 0 Å². The number of oxime groups is 1. The molecule has 2 aromatic rings. The summed E-state index contributed by atoms with van der Waals surface area (Å²) in [6.45, 7) is 10.4. The molecule has 164 valence electrons. The van der Waals surface area contributed by atoms with E-state index in [1.54, 1.807) is 6.21 Å². The molecule has 0 aliphatic rings. The predicted octanol–water partition coefficient (Wildman–Crippen LogP) is 5.48. The Bertz CT molecular complexity index is 929. The monoisotopic (exact) mass is 421 g/mol. The number of benzene rings is 2. The van der Waals surface area contributed by atoms with Gasteiger partial charge in [-0.05, 0) is 87.7 Å². The zero-order valence-electron chi connectivity index (χ0n) is 19.1. The standard InChI is InChI=1S/C26H31NO4/c1-7-8-15-29-25-16-19(2)26(20(3)17-25)31-22(5)10-9-21(4)30-24-13-11-23(12-14-24)18-27-28-6/h7-8,11-14,16-18,21-22H,15H2,1-6H3/b8-7+,27-18?. The van der Waals surface area contributed by atoms with Crippen LogP contribution in [0.2, 0.25) is 0 Å². The molecule has 0 heterocycles. The predicted molar refractivity (Wildman–Crippen MR) is 125 cm³/mol. The number of ether oxygens (including phenoxy) is 3. The van der Waals surface area contributed by atoms with Crippen LogP contribution in [0.25, 0.3) is 0 Å². The van der Waals surface area contributed by atoms with Gasteiger partial charge in [0, 0.05) is 0 Å². The SMILES string of the molecule is C/C=C/COc1cc(C)c(OC(C)C#CC(C)Oc2ccc(C=NOC)cc2)c(C)c1. The van der Waals surface area contributed by atoms with Gasteiger partial charge >= 0.3 is 0 Å². The maximum absolute atomic E-state index is 6.09. The molecule has 0 aliphatic heterocycles. The van der Waals surface area contributed by atoms with Gasteiger partial charge < -0.3 is 19.0 Å². The zero-order chi connectivity index (χ0) is 22.6. The van der Waals surface area contributed by atoms with Crippen molar-refractivity contribution in [3.8, 4) is 29.1 Å². The first-order valence-electron chi connectivity index (χ1n) is 10.3. The summed E-state index contributed by atoms with van der Waals surface area (Å²) >= 11 is 0. The summed E-state index contributed by atoms with van der Waals surface area (Å²) in [7, 11) is 1.51. The topological polar surface area (TPSA) is 49.3 Å². The lowest BCUT2D eigenvalue weighted by Gasteiger charge is -2.16. The van der Waals surface area contributed by atoms with Crippen LogP contribution in [0.5, 0.6) is 17.2 Å². The molecule has 2 aromatic carbocycles. The van der Waals surface area contributed by atoms with Crippen LogP contribution in [0.4, 0.5) is 0 Å². The van der Waals surface area contributed by atoms with E-state index in [-0.39, 0.29) is 12.2 Å². The second-order valence-electron chi connectivity index (χ2n) is 7.06. The minimum Gasteiger partial charge on any atom is -0.490 e. The minimum absolute atomic E-state index is 0.269. The van der Waals surface area contributed by atoms with Gasteiger partial charge in [-0.1, -0.05) is 29.1 Å². The molecule has 0 saturated carbocycles. The van der Waals surface area contributed by atoms with Crippen molar-refractivity contribution in [2.75, 3.05) is 13.7 Å². The summed E-state index contributed by atoms with van der Waals surface area (Å²) < 4.78 is 17.7. The highest BCUT2D eigenvalue weighted by Crippen LogP contribution is 2.29. The Hall–Kier alpha value is -3.39. The highest BCUT2D eigenvalue weighted by atomic mass is 16.6. The molecule has 0 fully saturated rings. The quantitative estimate of drug-likeness (QED) is 0.233. The third-order valence-corrected chi connectivity index (χ3v) is 4.30. The van der Waals surface area contributed by atoms with Gasteiger partial charge in [0.15, 0.2) is 12.2 Å². The van der Waals surface area contributed by atoms with Crippen molar-refractivity contribution in [3.05, 3.63) is 65.2 Å². The van der Waals surface area contributed by atoms with Gasteiger partial charge in [0.05, 0.1) is 6.21 Å². The second kappa shape index (κ2) is 12.3. The van der Waals surface area contributed by atoms with Gasteiger partial charge in [0.25, 0.3) is 0 Å². The Kier molecular flexibility index (Phi) is 9.51. The van der Waals surface area contributed by atoms with E-state index in [1.807, 2.05) is 83.2 Å². The average molecular weight is 422 g/mol. The van der Waals surface area contributed by atoms with Crippen molar-refractivity contribution in [1.29, 1.82) is 0 Å². The summed E-state index contributed by atoms with van der Waals surface area (Å²) in [5, 5.41) is 3.74. The van der Waals surface area contributed by atoms with Crippen LogP contribution in [-0.4, -0.2) is 32.1 Å². The van der Waals surface area contributed by atoms with Crippen molar-refractivity contribution >= 4 is 6.21 Å². The minimum atomic E-state index is -0.272. The fourth-order valence-corrected chi connectivity index (χ4v) is 2.84. The Morgan fingerprint density at radius 1 is 0.935 bits per heavy atom. The molecule has 0 radical (unpaired) electrons. The first kappa shape index (κ1) is 23.9. The van der Waals surface area contributed by atoms with Crippen LogP contribution < -0.4 is 14.2 Å². The number of allylic oxidation sites excluding steroid dienone is 1. The number of hydrogen-bond acceptors (Lipinski definition) is 5. The van der Waals surface area contributed by atoms with Crippen LogP contribution in [0.15, 0.2) is 53.7 Å². The lowest BCUT2D eigenvalue weighted by Crippen LogP contribution is -2.14. The third-order valence-electron chi connectivity index (χ3n) is 4.30. The normalized spacial score (nSPS) is 12.8. The van der Waals surface area contributed by atoms with E-state index in [0.717, 1.165) is 33.9 Å². The molecule has 0 aliphatic carbocycles. The van der Waals surface area contributed by atoms with Crippen LogP contribution >= 0.6 is 0 Å². The Morgan fingerprint density at radius 2 is 1.55 bits per heavy atom. The number of rotatable bonds is 9. The smallest absolute Gasteiger partial charge is 0.156 e.